The van der Waals surface area contributed by atoms with Gasteiger partial charge in [0.1, 0.15) is 5.82 Å². The van der Waals surface area contributed by atoms with E-state index in [2.05, 4.69) is 35.7 Å². The second-order valence-corrected chi connectivity index (χ2v) is 5.06. The average molecular weight is 220 g/mol. The molecule has 16 heavy (non-hydrogen) atoms. The number of nitrogens with two attached hydrogens (primary N) is 1. The molecular weight excluding hydrogens is 200 g/mol. The lowest BCUT2D eigenvalue weighted by molar-refractivity contribution is 0.139. The van der Waals surface area contributed by atoms with Crippen molar-refractivity contribution in [2.45, 2.75) is 19.4 Å². The van der Waals surface area contributed by atoms with Crippen LogP contribution in [0.3, 0.4) is 0 Å². The van der Waals surface area contributed by atoms with Gasteiger partial charge in [-0.1, -0.05) is 0 Å². The highest BCUT2D eigenvalue weighted by molar-refractivity contribution is 5.63. The number of anilines is 2. The van der Waals surface area contributed by atoms with Crippen LogP contribution in [0.2, 0.25) is 0 Å². The predicted octanol–water partition coefficient (Wildman–Crippen LogP) is 1.19. The van der Waals surface area contributed by atoms with Gasteiger partial charge in [0.15, 0.2) is 0 Å². The second kappa shape index (κ2) is 3.94. The molecule has 1 fully saturated rings. The quantitative estimate of drug-likeness (QED) is 0.772. The van der Waals surface area contributed by atoms with Gasteiger partial charge in [-0.3, -0.25) is 4.90 Å². The first kappa shape index (κ1) is 11.2. The topological polar surface area (TPSA) is 45.4 Å². The Kier molecular flexibility index (Phi) is 2.76. The molecule has 88 valence electrons. The third-order valence-electron chi connectivity index (χ3n) is 3.47. The summed E-state index contributed by atoms with van der Waals surface area (Å²) in [6.07, 6.45) is 1.74. The standard InChI is InChI=1S/C12H20N4/c1-12(2)9-16(8-7-15(12)3)10-5-4-6-14-11(10)13/h4-6H,7-9H2,1-3H3,(H2,13,14). The van der Waals surface area contributed by atoms with Gasteiger partial charge < -0.3 is 10.6 Å². The molecule has 2 N–H and O–H groups in total. The maximum absolute atomic E-state index is 5.91. The van der Waals surface area contributed by atoms with Crippen molar-refractivity contribution in [3.05, 3.63) is 18.3 Å². The van der Waals surface area contributed by atoms with E-state index in [-0.39, 0.29) is 5.54 Å². The summed E-state index contributed by atoms with van der Waals surface area (Å²) in [7, 11) is 2.17. The number of aromatic nitrogens is 1. The van der Waals surface area contributed by atoms with E-state index in [1.54, 1.807) is 6.20 Å². The molecule has 4 heteroatoms. The Morgan fingerprint density at radius 2 is 2.12 bits per heavy atom. The zero-order valence-electron chi connectivity index (χ0n) is 10.3. The highest BCUT2D eigenvalue weighted by atomic mass is 15.3. The number of hydrogen-bond donors (Lipinski definition) is 1. The lowest BCUT2D eigenvalue weighted by Crippen LogP contribution is -2.57. The molecule has 0 saturated carbocycles. The van der Waals surface area contributed by atoms with Crippen molar-refractivity contribution in [3.63, 3.8) is 0 Å². The minimum atomic E-state index is 0.181. The number of rotatable bonds is 1. The van der Waals surface area contributed by atoms with Crippen molar-refractivity contribution in [2.24, 2.45) is 0 Å². The summed E-state index contributed by atoms with van der Waals surface area (Å²) < 4.78 is 0. The Labute approximate surface area is 97.1 Å². The molecule has 1 saturated heterocycles. The van der Waals surface area contributed by atoms with E-state index in [0.29, 0.717) is 5.82 Å². The van der Waals surface area contributed by atoms with Crippen LogP contribution < -0.4 is 10.6 Å². The van der Waals surface area contributed by atoms with Crippen molar-refractivity contribution in [2.75, 3.05) is 37.3 Å². The highest BCUT2D eigenvalue weighted by Crippen LogP contribution is 2.26. The van der Waals surface area contributed by atoms with E-state index >= 15 is 0 Å². The van der Waals surface area contributed by atoms with Crippen LogP contribution in [0.25, 0.3) is 0 Å². The first-order chi connectivity index (χ1) is 7.50. The van der Waals surface area contributed by atoms with Gasteiger partial charge in [0.2, 0.25) is 0 Å². The number of nitrogen functional groups attached to an aromatic ring is 1. The zero-order chi connectivity index (χ0) is 11.8. The predicted molar refractivity (Wildman–Crippen MR) is 67.6 cm³/mol. The summed E-state index contributed by atoms with van der Waals surface area (Å²) in [5.74, 6) is 0.628. The molecule has 0 spiro atoms. The van der Waals surface area contributed by atoms with E-state index in [9.17, 15) is 0 Å². The Balaban J connectivity index is 2.21. The fourth-order valence-corrected chi connectivity index (χ4v) is 2.12. The van der Waals surface area contributed by atoms with Gasteiger partial charge >= 0.3 is 0 Å². The Hall–Kier alpha value is -1.29. The molecule has 1 aliphatic heterocycles. The fourth-order valence-electron chi connectivity index (χ4n) is 2.12. The van der Waals surface area contributed by atoms with Gasteiger partial charge in [-0.2, -0.15) is 0 Å². The number of piperazine rings is 1. The molecule has 0 atom stereocenters. The summed E-state index contributed by atoms with van der Waals surface area (Å²) in [6, 6.07) is 3.99. The third kappa shape index (κ3) is 1.97. The first-order valence-corrected chi connectivity index (χ1v) is 5.67. The van der Waals surface area contributed by atoms with Crippen LogP contribution in [0.15, 0.2) is 18.3 Å². The van der Waals surface area contributed by atoms with Crippen molar-refractivity contribution < 1.29 is 0 Å². The van der Waals surface area contributed by atoms with E-state index in [4.69, 9.17) is 5.73 Å². The van der Waals surface area contributed by atoms with Gasteiger partial charge in [-0.05, 0) is 33.0 Å². The number of nitrogens with zero attached hydrogens (tertiary/aromatic N) is 3. The summed E-state index contributed by atoms with van der Waals surface area (Å²) in [4.78, 5) is 8.85. The summed E-state index contributed by atoms with van der Waals surface area (Å²) in [5, 5.41) is 0. The monoisotopic (exact) mass is 220 g/mol. The fraction of sp³-hybridized carbons (Fsp3) is 0.583. The molecule has 0 unspecified atom stereocenters. The number of hydrogen-bond acceptors (Lipinski definition) is 4. The molecule has 1 aromatic rings. The van der Waals surface area contributed by atoms with E-state index in [1.165, 1.54) is 0 Å². The van der Waals surface area contributed by atoms with E-state index in [1.807, 2.05) is 12.1 Å². The summed E-state index contributed by atoms with van der Waals surface area (Å²) >= 11 is 0. The lowest BCUT2D eigenvalue weighted by atomic mass is 9.99. The van der Waals surface area contributed by atoms with Crippen LogP contribution in [0.1, 0.15) is 13.8 Å². The SMILES string of the molecule is CN1CCN(c2cccnc2N)CC1(C)C. The average Bonchev–Trinajstić information content (AvgIpc) is 2.23. The molecule has 1 aliphatic rings. The molecule has 0 radical (unpaired) electrons. The normalized spacial score (nSPS) is 21.1. The smallest absolute Gasteiger partial charge is 0.146 e. The Morgan fingerprint density at radius 3 is 2.75 bits per heavy atom. The van der Waals surface area contributed by atoms with Gasteiger partial charge in [-0.15, -0.1) is 0 Å². The maximum atomic E-state index is 5.91. The van der Waals surface area contributed by atoms with Crippen LogP contribution in [-0.2, 0) is 0 Å². The van der Waals surface area contributed by atoms with Crippen molar-refractivity contribution in [1.29, 1.82) is 0 Å². The Morgan fingerprint density at radius 1 is 1.38 bits per heavy atom. The molecule has 0 aliphatic carbocycles. The molecular formula is C12H20N4. The molecule has 2 rings (SSSR count). The highest BCUT2D eigenvalue weighted by Gasteiger charge is 2.31. The van der Waals surface area contributed by atoms with Crippen LogP contribution >= 0.6 is 0 Å². The van der Waals surface area contributed by atoms with Gasteiger partial charge in [-0.25, -0.2) is 4.98 Å². The first-order valence-electron chi connectivity index (χ1n) is 5.67. The molecule has 1 aromatic heterocycles. The van der Waals surface area contributed by atoms with Crippen LogP contribution in [0.5, 0.6) is 0 Å². The second-order valence-electron chi connectivity index (χ2n) is 5.06. The van der Waals surface area contributed by atoms with Crippen molar-refractivity contribution in [3.8, 4) is 0 Å². The van der Waals surface area contributed by atoms with Gasteiger partial charge in [0.05, 0.1) is 5.69 Å². The number of likely N-dealkylation sites (N-methyl/N-ethyl adjacent to an activating group) is 1. The summed E-state index contributed by atoms with van der Waals surface area (Å²) in [6.45, 7) is 7.56. The largest absolute Gasteiger partial charge is 0.382 e. The zero-order valence-corrected chi connectivity index (χ0v) is 10.3. The maximum Gasteiger partial charge on any atom is 0.146 e. The molecule has 0 amide bonds. The lowest BCUT2D eigenvalue weighted by Gasteiger charge is -2.46. The molecule has 0 aromatic carbocycles. The van der Waals surface area contributed by atoms with E-state index < -0.39 is 0 Å². The molecule has 0 bridgehead atoms. The summed E-state index contributed by atoms with van der Waals surface area (Å²) in [5.41, 5.74) is 7.15. The van der Waals surface area contributed by atoms with Gasteiger partial charge in [0.25, 0.3) is 0 Å². The Bertz CT molecular complexity index is 375. The van der Waals surface area contributed by atoms with Crippen molar-refractivity contribution in [1.82, 2.24) is 9.88 Å². The van der Waals surface area contributed by atoms with Crippen LogP contribution in [0, 0.1) is 0 Å². The number of pyridine rings is 1. The van der Waals surface area contributed by atoms with Crippen LogP contribution in [0.4, 0.5) is 11.5 Å². The minimum Gasteiger partial charge on any atom is -0.382 e. The van der Waals surface area contributed by atoms with Crippen LogP contribution in [-0.4, -0.2) is 42.1 Å². The van der Waals surface area contributed by atoms with E-state index in [0.717, 1.165) is 25.3 Å². The molecule has 4 nitrogen and oxygen atoms in total. The third-order valence-corrected chi connectivity index (χ3v) is 3.47. The van der Waals surface area contributed by atoms with Gasteiger partial charge in [0, 0.05) is 31.4 Å². The molecule has 2 heterocycles. The minimum absolute atomic E-state index is 0.181. The van der Waals surface area contributed by atoms with Crippen molar-refractivity contribution >= 4 is 11.5 Å².